The number of rotatable bonds is 4. The predicted molar refractivity (Wildman–Crippen MR) is 77.2 cm³/mol. The van der Waals surface area contributed by atoms with E-state index in [1.54, 1.807) is 11.3 Å². The molecular weight excluding hydrogens is 266 g/mol. The van der Waals surface area contributed by atoms with Crippen LogP contribution in [0.5, 0.6) is 0 Å². The van der Waals surface area contributed by atoms with E-state index in [1.165, 1.54) is 16.2 Å². The molecule has 1 amide bonds. The molecule has 2 heterocycles. The molecule has 96 valence electrons. The molecule has 0 spiro atoms. The van der Waals surface area contributed by atoms with E-state index in [4.69, 9.17) is 5.73 Å². The van der Waals surface area contributed by atoms with Gasteiger partial charge in [0.25, 0.3) is 0 Å². The molecule has 0 aromatic carbocycles. The highest BCUT2D eigenvalue weighted by Gasteiger charge is 2.12. The fourth-order valence-electron chi connectivity index (χ4n) is 1.55. The predicted octanol–water partition coefficient (Wildman–Crippen LogP) is 2.78. The Labute approximate surface area is 114 Å². The number of carbonyl (C=O) groups is 1. The zero-order valence-electron chi connectivity index (χ0n) is 10.3. The molecule has 0 bridgehead atoms. The standard InChI is InChI=1S/C12H15N3OS2/c1-7-3-4-9(17-7)11-8(2)18-12(15-11)14-10(16)5-6-13/h3-4H,5-6,13H2,1-2H3,(H,14,15,16). The maximum atomic E-state index is 11.5. The number of thiazole rings is 1. The summed E-state index contributed by atoms with van der Waals surface area (Å²) in [7, 11) is 0. The largest absolute Gasteiger partial charge is 0.330 e. The molecule has 0 aliphatic carbocycles. The smallest absolute Gasteiger partial charge is 0.227 e. The highest BCUT2D eigenvalue weighted by atomic mass is 32.1. The van der Waals surface area contributed by atoms with Crippen molar-refractivity contribution in [3.05, 3.63) is 21.9 Å². The van der Waals surface area contributed by atoms with Gasteiger partial charge in [0.15, 0.2) is 5.13 Å². The lowest BCUT2D eigenvalue weighted by Crippen LogP contribution is -2.15. The van der Waals surface area contributed by atoms with Gasteiger partial charge in [0.1, 0.15) is 0 Å². The summed E-state index contributed by atoms with van der Waals surface area (Å²) in [6.45, 7) is 4.44. The monoisotopic (exact) mass is 281 g/mol. The third kappa shape index (κ3) is 2.95. The van der Waals surface area contributed by atoms with Crippen LogP contribution in [0, 0.1) is 13.8 Å². The van der Waals surface area contributed by atoms with Crippen LogP contribution in [0.4, 0.5) is 5.13 Å². The van der Waals surface area contributed by atoms with Crippen molar-refractivity contribution in [1.29, 1.82) is 0 Å². The van der Waals surface area contributed by atoms with Crippen molar-refractivity contribution in [2.75, 3.05) is 11.9 Å². The first-order chi connectivity index (χ1) is 8.60. The minimum absolute atomic E-state index is 0.0832. The first-order valence-electron chi connectivity index (χ1n) is 5.64. The van der Waals surface area contributed by atoms with Gasteiger partial charge in [-0.3, -0.25) is 4.79 Å². The maximum Gasteiger partial charge on any atom is 0.227 e. The van der Waals surface area contributed by atoms with Gasteiger partial charge < -0.3 is 11.1 Å². The number of nitrogens with one attached hydrogen (secondary N) is 1. The average Bonchev–Trinajstić information content (AvgIpc) is 2.85. The van der Waals surface area contributed by atoms with Gasteiger partial charge in [0.2, 0.25) is 5.91 Å². The Morgan fingerprint density at radius 1 is 1.39 bits per heavy atom. The highest BCUT2D eigenvalue weighted by Crippen LogP contribution is 2.34. The molecule has 6 heteroatoms. The molecule has 2 rings (SSSR count). The van der Waals surface area contributed by atoms with Gasteiger partial charge in [-0.1, -0.05) is 0 Å². The van der Waals surface area contributed by atoms with E-state index in [0.29, 0.717) is 18.1 Å². The number of nitrogens with zero attached hydrogens (tertiary/aromatic N) is 1. The number of amides is 1. The number of aryl methyl sites for hydroxylation is 2. The van der Waals surface area contributed by atoms with Gasteiger partial charge in [0.05, 0.1) is 10.6 Å². The third-order valence-corrected chi connectivity index (χ3v) is 4.28. The van der Waals surface area contributed by atoms with Crippen LogP contribution >= 0.6 is 22.7 Å². The lowest BCUT2D eigenvalue weighted by atomic mass is 10.3. The molecule has 0 saturated heterocycles. The molecule has 2 aromatic rings. The summed E-state index contributed by atoms with van der Waals surface area (Å²) in [6.07, 6.45) is 0.325. The van der Waals surface area contributed by atoms with Crippen LogP contribution in [0.1, 0.15) is 16.2 Å². The van der Waals surface area contributed by atoms with Gasteiger partial charge in [-0.15, -0.1) is 22.7 Å². The third-order valence-electron chi connectivity index (χ3n) is 2.39. The average molecular weight is 281 g/mol. The van der Waals surface area contributed by atoms with Gasteiger partial charge in [0, 0.05) is 22.7 Å². The molecule has 0 unspecified atom stereocenters. The van der Waals surface area contributed by atoms with Gasteiger partial charge in [-0.25, -0.2) is 4.98 Å². The van der Waals surface area contributed by atoms with Crippen LogP contribution in [0.15, 0.2) is 12.1 Å². The van der Waals surface area contributed by atoms with E-state index in [2.05, 4.69) is 29.4 Å². The SMILES string of the molecule is Cc1ccc(-c2nc(NC(=O)CCN)sc2C)s1. The molecule has 0 fully saturated rings. The lowest BCUT2D eigenvalue weighted by molar-refractivity contribution is -0.116. The molecule has 0 atom stereocenters. The summed E-state index contributed by atoms with van der Waals surface area (Å²) in [5.74, 6) is -0.0832. The molecule has 0 aliphatic heterocycles. The summed E-state index contributed by atoms with van der Waals surface area (Å²) in [5.41, 5.74) is 6.30. The van der Waals surface area contributed by atoms with Crippen LogP contribution in [0.25, 0.3) is 10.6 Å². The van der Waals surface area contributed by atoms with Crippen molar-refractivity contribution < 1.29 is 4.79 Å². The number of nitrogens with two attached hydrogens (primary N) is 1. The first-order valence-corrected chi connectivity index (χ1v) is 7.27. The van der Waals surface area contributed by atoms with Crippen LogP contribution in [-0.4, -0.2) is 17.4 Å². The lowest BCUT2D eigenvalue weighted by Gasteiger charge is -1.98. The second kappa shape index (κ2) is 5.60. The summed E-state index contributed by atoms with van der Waals surface area (Å²) < 4.78 is 0. The Bertz CT molecular complexity index is 559. The van der Waals surface area contributed by atoms with Gasteiger partial charge >= 0.3 is 0 Å². The zero-order chi connectivity index (χ0) is 13.1. The number of aromatic nitrogens is 1. The van der Waals surface area contributed by atoms with Crippen molar-refractivity contribution in [1.82, 2.24) is 4.98 Å². The number of thiophene rings is 1. The van der Waals surface area contributed by atoms with E-state index < -0.39 is 0 Å². The minimum Gasteiger partial charge on any atom is -0.330 e. The maximum absolute atomic E-state index is 11.5. The van der Waals surface area contributed by atoms with E-state index in [-0.39, 0.29) is 5.91 Å². The first kappa shape index (κ1) is 13.2. The molecule has 4 nitrogen and oxygen atoms in total. The van der Waals surface area contributed by atoms with Crippen molar-refractivity contribution in [2.24, 2.45) is 5.73 Å². The Kier molecular flexibility index (Phi) is 4.11. The second-order valence-electron chi connectivity index (χ2n) is 3.92. The second-order valence-corrected chi connectivity index (χ2v) is 6.41. The summed E-state index contributed by atoms with van der Waals surface area (Å²) >= 11 is 3.20. The van der Waals surface area contributed by atoms with Crippen LogP contribution < -0.4 is 11.1 Å². The number of carbonyl (C=O) groups excluding carboxylic acids is 1. The molecule has 2 aromatic heterocycles. The minimum atomic E-state index is -0.0832. The van der Waals surface area contributed by atoms with Crippen LogP contribution in [-0.2, 0) is 4.79 Å². The molecule has 0 radical (unpaired) electrons. The number of hydrogen-bond acceptors (Lipinski definition) is 5. The zero-order valence-corrected chi connectivity index (χ0v) is 12.0. The number of anilines is 1. The normalized spacial score (nSPS) is 10.6. The van der Waals surface area contributed by atoms with Crippen LogP contribution in [0.3, 0.4) is 0 Å². The Morgan fingerprint density at radius 2 is 2.17 bits per heavy atom. The Hall–Kier alpha value is -1.24. The van der Waals surface area contributed by atoms with Gasteiger partial charge in [-0.2, -0.15) is 0 Å². The van der Waals surface area contributed by atoms with Crippen molar-refractivity contribution in [3.8, 4) is 10.6 Å². The molecule has 18 heavy (non-hydrogen) atoms. The van der Waals surface area contributed by atoms with Crippen molar-refractivity contribution in [3.63, 3.8) is 0 Å². The van der Waals surface area contributed by atoms with Gasteiger partial charge in [-0.05, 0) is 26.0 Å². The van der Waals surface area contributed by atoms with Crippen molar-refractivity contribution in [2.45, 2.75) is 20.3 Å². The highest BCUT2D eigenvalue weighted by molar-refractivity contribution is 7.18. The Morgan fingerprint density at radius 3 is 2.78 bits per heavy atom. The van der Waals surface area contributed by atoms with E-state index >= 15 is 0 Å². The van der Waals surface area contributed by atoms with Crippen LogP contribution in [0.2, 0.25) is 0 Å². The summed E-state index contributed by atoms with van der Waals surface area (Å²) in [4.78, 5) is 19.4. The van der Waals surface area contributed by atoms with E-state index in [1.807, 2.05) is 6.92 Å². The van der Waals surface area contributed by atoms with Crippen molar-refractivity contribution >= 4 is 33.7 Å². The fraction of sp³-hybridized carbons (Fsp3) is 0.333. The number of hydrogen-bond donors (Lipinski definition) is 2. The molecule has 3 N–H and O–H groups in total. The quantitative estimate of drug-likeness (QED) is 0.905. The summed E-state index contributed by atoms with van der Waals surface area (Å²) in [6, 6.07) is 4.14. The van der Waals surface area contributed by atoms with E-state index in [0.717, 1.165) is 15.4 Å². The summed E-state index contributed by atoms with van der Waals surface area (Å²) in [5, 5.41) is 3.42. The van der Waals surface area contributed by atoms with E-state index in [9.17, 15) is 4.79 Å². The molecule has 0 saturated carbocycles. The topological polar surface area (TPSA) is 68.0 Å². The fourth-order valence-corrected chi connectivity index (χ4v) is 3.38. The Balaban J connectivity index is 2.19. The molecule has 0 aliphatic rings. The molecular formula is C12H15N3OS2.